The minimum absolute atomic E-state index is 0.0959. The lowest BCUT2D eigenvalue weighted by molar-refractivity contribution is 0.0153. The number of hydrogen-bond donors (Lipinski definition) is 4. The molecule has 0 radical (unpaired) electrons. The highest BCUT2D eigenvalue weighted by Crippen LogP contribution is 2.29. The monoisotopic (exact) mass is 231 g/mol. The topological polar surface area (TPSA) is 105 Å². The highest BCUT2D eigenvalue weighted by molar-refractivity contribution is 6.30. The zero-order valence-corrected chi connectivity index (χ0v) is 8.85. The zero-order chi connectivity index (χ0) is 11.4. The molecule has 0 spiro atoms. The molecule has 1 heterocycles. The highest BCUT2D eigenvalue weighted by Gasteiger charge is 2.22. The molecule has 84 valence electrons. The van der Waals surface area contributed by atoms with Gasteiger partial charge in [-0.1, -0.05) is 11.6 Å². The van der Waals surface area contributed by atoms with Gasteiger partial charge < -0.3 is 21.7 Å². The molecule has 1 rings (SSSR count). The van der Waals surface area contributed by atoms with Crippen LogP contribution in [0.4, 0.5) is 5.69 Å². The molecular weight excluding hydrogens is 218 g/mol. The van der Waals surface area contributed by atoms with Gasteiger partial charge in [0.2, 0.25) is 0 Å². The lowest BCUT2D eigenvalue weighted by atomic mass is 10.0. The fourth-order valence-corrected chi connectivity index (χ4v) is 1.55. The predicted octanol–water partition coefficient (Wildman–Crippen LogP) is 0.0603. The lowest BCUT2D eigenvalue weighted by Crippen LogP contribution is -2.23. The molecule has 0 aliphatic rings. The van der Waals surface area contributed by atoms with Crippen molar-refractivity contribution in [2.24, 2.45) is 5.73 Å². The van der Waals surface area contributed by atoms with Crippen LogP contribution in [0.15, 0.2) is 12.3 Å². The maximum Gasteiger partial charge on any atom is 0.136 e. The molecule has 6 N–H and O–H groups in total. The molecule has 0 saturated heterocycles. The number of anilines is 1. The van der Waals surface area contributed by atoms with E-state index in [4.69, 9.17) is 23.1 Å². The van der Waals surface area contributed by atoms with Crippen LogP contribution in [0.1, 0.15) is 18.1 Å². The number of pyridine rings is 1. The van der Waals surface area contributed by atoms with E-state index in [1.807, 2.05) is 0 Å². The van der Waals surface area contributed by atoms with Gasteiger partial charge in [0.1, 0.15) is 11.3 Å². The lowest BCUT2D eigenvalue weighted by Gasteiger charge is -2.19. The summed E-state index contributed by atoms with van der Waals surface area (Å²) in [7, 11) is 0. The average molecular weight is 232 g/mol. The first-order chi connectivity index (χ1) is 7.07. The van der Waals surface area contributed by atoms with Crippen molar-refractivity contribution in [3.63, 3.8) is 0 Å². The van der Waals surface area contributed by atoms with Crippen LogP contribution < -0.4 is 11.5 Å². The molecule has 0 bridgehead atoms. The van der Waals surface area contributed by atoms with Gasteiger partial charge in [0.25, 0.3) is 0 Å². The van der Waals surface area contributed by atoms with Gasteiger partial charge in [-0.15, -0.1) is 0 Å². The quantitative estimate of drug-likeness (QED) is 0.549. The molecule has 0 amide bonds. The van der Waals surface area contributed by atoms with Crippen LogP contribution in [-0.4, -0.2) is 27.8 Å². The van der Waals surface area contributed by atoms with Crippen molar-refractivity contribution in [2.75, 3.05) is 12.3 Å². The molecule has 2 unspecified atom stereocenters. The Bertz CT molecular complexity index is 315. The molecule has 5 nitrogen and oxygen atoms in total. The van der Waals surface area contributed by atoms with Crippen molar-refractivity contribution in [3.05, 3.63) is 23.0 Å². The molecule has 0 saturated carbocycles. The number of aliphatic hydroxyl groups excluding tert-OH is 2. The number of nitrogen functional groups attached to an aromatic ring is 1. The predicted molar refractivity (Wildman–Crippen MR) is 58.3 cm³/mol. The van der Waals surface area contributed by atoms with Crippen LogP contribution in [0.3, 0.4) is 0 Å². The van der Waals surface area contributed by atoms with Crippen molar-refractivity contribution < 1.29 is 10.2 Å². The van der Waals surface area contributed by atoms with E-state index in [1.165, 1.54) is 12.3 Å². The summed E-state index contributed by atoms with van der Waals surface area (Å²) in [6.07, 6.45) is -0.441. The van der Waals surface area contributed by atoms with Crippen molar-refractivity contribution >= 4 is 17.3 Å². The van der Waals surface area contributed by atoms with Crippen LogP contribution in [0, 0.1) is 0 Å². The van der Waals surface area contributed by atoms with Crippen molar-refractivity contribution in [1.82, 2.24) is 4.98 Å². The van der Waals surface area contributed by atoms with Crippen molar-refractivity contribution in [2.45, 2.75) is 18.6 Å². The first-order valence-corrected chi connectivity index (χ1v) is 4.91. The zero-order valence-electron chi connectivity index (χ0n) is 8.10. The number of aromatic nitrogens is 1. The van der Waals surface area contributed by atoms with Crippen molar-refractivity contribution in [3.8, 4) is 0 Å². The third-order valence-corrected chi connectivity index (χ3v) is 2.40. The van der Waals surface area contributed by atoms with Crippen LogP contribution in [0.2, 0.25) is 5.15 Å². The molecule has 0 aliphatic heterocycles. The minimum atomic E-state index is -1.16. The van der Waals surface area contributed by atoms with Crippen LogP contribution in [0.5, 0.6) is 0 Å². The summed E-state index contributed by atoms with van der Waals surface area (Å²) < 4.78 is 0. The van der Waals surface area contributed by atoms with E-state index in [9.17, 15) is 10.2 Å². The molecule has 0 aliphatic carbocycles. The van der Waals surface area contributed by atoms with E-state index in [1.54, 1.807) is 0 Å². The molecule has 1 aromatic rings. The summed E-state index contributed by atoms with van der Waals surface area (Å²) >= 11 is 5.78. The Labute approximate surface area is 92.7 Å². The number of hydrogen-bond acceptors (Lipinski definition) is 5. The van der Waals surface area contributed by atoms with E-state index >= 15 is 0 Å². The molecule has 2 atom stereocenters. The highest BCUT2D eigenvalue weighted by atomic mass is 35.5. The second kappa shape index (κ2) is 5.27. The molecule has 6 heteroatoms. The molecule has 0 fully saturated rings. The summed E-state index contributed by atoms with van der Waals surface area (Å²) in [5.41, 5.74) is 11.5. The number of nitrogens with zero attached hydrogens (tertiary/aromatic N) is 1. The fraction of sp³-hybridized carbons (Fsp3) is 0.444. The van der Waals surface area contributed by atoms with Gasteiger partial charge in [0.15, 0.2) is 0 Å². The Morgan fingerprint density at radius 1 is 1.47 bits per heavy atom. The maximum absolute atomic E-state index is 9.77. The van der Waals surface area contributed by atoms with E-state index in [-0.39, 0.29) is 23.7 Å². The van der Waals surface area contributed by atoms with Gasteiger partial charge in [0, 0.05) is 17.4 Å². The Balaban J connectivity index is 2.94. The Kier molecular flexibility index (Phi) is 4.28. The normalized spacial score (nSPS) is 14.9. The van der Waals surface area contributed by atoms with Gasteiger partial charge in [-0.25, -0.2) is 4.98 Å². The van der Waals surface area contributed by atoms with Crippen molar-refractivity contribution in [1.29, 1.82) is 0 Å². The van der Waals surface area contributed by atoms with E-state index in [2.05, 4.69) is 4.98 Å². The third-order valence-electron chi connectivity index (χ3n) is 2.10. The standard InChI is InChI=1S/C9H14ClN3O2/c10-9-7(5(12)2-4-13-9)8(15)6(14)1-3-11/h2,4,6,8,14-15H,1,3,11H2,(H2,12,13). The molecular formula is C9H14ClN3O2. The number of rotatable bonds is 4. The SMILES string of the molecule is NCCC(O)C(O)c1c(N)ccnc1Cl. The third kappa shape index (κ3) is 2.79. The number of nitrogens with two attached hydrogens (primary N) is 2. The average Bonchev–Trinajstić information content (AvgIpc) is 2.17. The number of halogens is 1. The van der Waals surface area contributed by atoms with Crippen LogP contribution in [-0.2, 0) is 0 Å². The largest absolute Gasteiger partial charge is 0.398 e. The van der Waals surface area contributed by atoms with Gasteiger partial charge in [-0.05, 0) is 19.0 Å². The van der Waals surface area contributed by atoms with Gasteiger partial charge in [-0.2, -0.15) is 0 Å². The molecule has 15 heavy (non-hydrogen) atoms. The summed E-state index contributed by atoms with van der Waals surface area (Å²) in [4.78, 5) is 3.79. The van der Waals surface area contributed by atoms with Crippen LogP contribution >= 0.6 is 11.6 Å². The van der Waals surface area contributed by atoms with Crippen LogP contribution in [0.25, 0.3) is 0 Å². The first kappa shape index (κ1) is 12.2. The molecule has 1 aromatic heterocycles. The minimum Gasteiger partial charge on any atom is -0.398 e. The maximum atomic E-state index is 9.77. The summed E-state index contributed by atoms with van der Waals surface area (Å²) in [6, 6.07) is 1.51. The first-order valence-electron chi connectivity index (χ1n) is 4.54. The Morgan fingerprint density at radius 2 is 2.13 bits per heavy atom. The number of aliphatic hydroxyl groups is 2. The van der Waals surface area contributed by atoms with Gasteiger partial charge >= 0.3 is 0 Å². The smallest absolute Gasteiger partial charge is 0.136 e. The fourth-order valence-electron chi connectivity index (χ4n) is 1.28. The molecule has 0 aromatic carbocycles. The summed E-state index contributed by atoms with van der Waals surface area (Å²) in [6.45, 7) is 0.274. The Morgan fingerprint density at radius 3 is 2.67 bits per heavy atom. The second-order valence-electron chi connectivity index (χ2n) is 3.19. The van der Waals surface area contributed by atoms with Gasteiger partial charge in [0.05, 0.1) is 6.10 Å². The van der Waals surface area contributed by atoms with E-state index in [0.717, 1.165) is 0 Å². The second-order valence-corrected chi connectivity index (χ2v) is 3.55. The summed E-state index contributed by atoms with van der Waals surface area (Å²) in [5.74, 6) is 0. The Hall–Kier alpha value is -0.880. The van der Waals surface area contributed by atoms with Gasteiger partial charge in [-0.3, -0.25) is 0 Å². The summed E-state index contributed by atoms with van der Waals surface area (Å²) in [5, 5.41) is 19.4. The van der Waals surface area contributed by atoms with E-state index in [0.29, 0.717) is 5.69 Å². The van der Waals surface area contributed by atoms with E-state index < -0.39 is 12.2 Å².